The zero-order chi connectivity index (χ0) is 26.9. The van der Waals surface area contributed by atoms with E-state index in [0.29, 0.717) is 25.8 Å². The number of hydrogen-bond donors (Lipinski definition) is 0. The second-order valence-electron chi connectivity index (χ2n) is 10.3. The van der Waals surface area contributed by atoms with E-state index in [1.807, 2.05) is 59.2 Å². The molecule has 4 aromatic rings. The number of hydrogen-bond acceptors (Lipinski definition) is 7. The van der Waals surface area contributed by atoms with Gasteiger partial charge >= 0.3 is 6.01 Å². The second kappa shape index (κ2) is 10.6. The van der Waals surface area contributed by atoms with Crippen LogP contribution in [0.25, 0.3) is 0 Å². The summed E-state index contributed by atoms with van der Waals surface area (Å²) in [6.07, 6.45) is 0.692. The Kier molecular flexibility index (Phi) is 6.69. The van der Waals surface area contributed by atoms with E-state index in [9.17, 15) is 4.79 Å². The van der Waals surface area contributed by atoms with Gasteiger partial charge in [-0.15, -0.1) is 0 Å². The predicted octanol–water partition coefficient (Wildman–Crippen LogP) is 3.61. The van der Waals surface area contributed by atoms with E-state index in [4.69, 9.17) is 18.9 Å². The molecule has 0 amide bonds. The third-order valence-corrected chi connectivity index (χ3v) is 8.11. The average Bonchev–Trinajstić information content (AvgIpc) is 3.54. The summed E-state index contributed by atoms with van der Waals surface area (Å²) >= 11 is 0. The van der Waals surface area contributed by atoms with Gasteiger partial charge in [0.2, 0.25) is 0 Å². The van der Waals surface area contributed by atoms with E-state index in [1.54, 1.807) is 6.20 Å². The van der Waals surface area contributed by atoms with E-state index >= 15 is 0 Å². The lowest BCUT2D eigenvalue weighted by molar-refractivity contribution is -0.0933. The average molecular weight is 538 g/mol. The van der Waals surface area contributed by atoms with E-state index < -0.39 is 11.8 Å². The molecule has 4 atom stereocenters. The highest BCUT2D eigenvalue weighted by Crippen LogP contribution is 2.44. The largest absolute Gasteiger partial charge is 0.455 e. The number of ether oxygens (including phenoxy) is 4. The van der Waals surface area contributed by atoms with Crippen LogP contribution < -0.4 is 10.3 Å². The molecule has 4 heterocycles. The number of benzene rings is 3. The molecule has 0 spiro atoms. The zero-order valence-corrected chi connectivity index (χ0v) is 22.0. The standard InChI is InChI=1S/C32H31N3O5/c36-27-16-17-35-30-29(40-31(35)33-27)28(34-18-20-37-21-19-34)26(39-30)22-38-32(23-10-4-1-5-11-23,24-12-6-2-7-13-24)25-14-8-3-9-15-25/h1-17,26,28-30H,18-22H2/t26-,28-,29+,30-/m1/s1. The van der Waals surface area contributed by atoms with Gasteiger partial charge in [-0.25, -0.2) is 0 Å². The maximum absolute atomic E-state index is 11.9. The minimum absolute atomic E-state index is 0.106. The van der Waals surface area contributed by atoms with E-state index in [0.717, 1.165) is 29.8 Å². The molecule has 3 aromatic carbocycles. The van der Waals surface area contributed by atoms with Gasteiger partial charge in [0, 0.05) is 25.4 Å². The maximum Gasteiger partial charge on any atom is 0.302 e. The Balaban J connectivity index is 1.28. The number of nitrogens with zero attached hydrogens (tertiary/aromatic N) is 3. The van der Waals surface area contributed by atoms with Crippen LogP contribution in [0, 0.1) is 0 Å². The van der Waals surface area contributed by atoms with Gasteiger partial charge in [-0.1, -0.05) is 91.0 Å². The van der Waals surface area contributed by atoms with Crippen LogP contribution in [0.3, 0.4) is 0 Å². The van der Waals surface area contributed by atoms with E-state index in [-0.39, 0.29) is 23.8 Å². The second-order valence-corrected chi connectivity index (χ2v) is 10.3. The summed E-state index contributed by atoms with van der Waals surface area (Å²) < 4.78 is 27.6. The number of rotatable bonds is 7. The first kappa shape index (κ1) is 25.2. The van der Waals surface area contributed by atoms with Crippen LogP contribution in [0.4, 0.5) is 0 Å². The highest BCUT2D eigenvalue weighted by molar-refractivity contribution is 5.47. The molecule has 0 saturated carbocycles. The minimum atomic E-state index is -0.856. The van der Waals surface area contributed by atoms with Gasteiger partial charge in [-0.3, -0.25) is 14.3 Å². The van der Waals surface area contributed by atoms with Crippen molar-refractivity contribution in [2.45, 2.75) is 30.1 Å². The van der Waals surface area contributed by atoms with Gasteiger partial charge in [0.1, 0.15) is 11.7 Å². The van der Waals surface area contributed by atoms with Crippen molar-refractivity contribution >= 4 is 0 Å². The van der Waals surface area contributed by atoms with Crippen molar-refractivity contribution < 1.29 is 18.9 Å². The molecule has 0 unspecified atom stereocenters. The minimum Gasteiger partial charge on any atom is -0.455 e. The summed E-state index contributed by atoms with van der Waals surface area (Å²) in [5, 5.41) is 0. The highest BCUT2D eigenvalue weighted by Gasteiger charge is 2.54. The quantitative estimate of drug-likeness (QED) is 0.334. The van der Waals surface area contributed by atoms with Crippen molar-refractivity contribution in [1.29, 1.82) is 0 Å². The van der Waals surface area contributed by atoms with Crippen LogP contribution in [0.15, 0.2) is 108 Å². The fraction of sp³-hybridized carbons (Fsp3) is 0.312. The fourth-order valence-corrected chi connectivity index (χ4v) is 6.30. The van der Waals surface area contributed by atoms with Crippen LogP contribution in [0.1, 0.15) is 22.9 Å². The summed E-state index contributed by atoms with van der Waals surface area (Å²) in [5.41, 5.74) is 1.93. The summed E-state index contributed by atoms with van der Waals surface area (Å²) in [5.74, 6) is 0. The molecule has 0 bridgehead atoms. The maximum atomic E-state index is 11.9. The van der Waals surface area contributed by atoms with E-state index in [2.05, 4.69) is 46.3 Å². The Labute approximate surface area is 232 Å². The Morgan fingerprint density at radius 2 is 1.40 bits per heavy atom. The molecule has 3 aliphatic rings. The molecule has 8 heteroatoms. The topological polar surface area (TPSA) is 75.1 Å². The molecule has 1 aromatic heterocycles. The zero-order valence-electron chi connectivity index (χ0n) is 22.0. The Hall–Kier alpha value is -3.82. The number of morpholine rings is 1. The van der Waals surface area contributed by atoms with Crippen LogP contribution >= 0.6 is 0 Å². The molecule has 0 aliphatic carbocycles. The van der Waals surface area contributed by atoms with Crippen molar-refractivity contribution in [2.24, 2.45) is 0 Å². The lowest BCUT2D eigenvalue weighted by atomic mass is 9.80. The number of aromatic nitrogens is 2. The smallest absolute Gasteiger partial charge is 0.302 e. The predicted molar refractivity (Wildman–Crippen MR) is 148 cm³/mol. The third kappa shape index (κ3) is 4.33. The SMILES string of the molecule is O=c1ccn2c(n1)O[C@H]1[C@H](N3CCOCC3)[C@@H](COC(c3ccccc3)(c3ccccc3)c3ccccc3)O[C@H]12. The first-order chi connectivity index (χ1) is 19.7. The van der Waals surface area contributed by atoms with Gasteiger partial charge in [-0.2, -0.15) is 4.98 Å². The molecule has 40 heavy (non-hydrogen) atoms. The van der Waals surface area contributed by atoms with Gasteiger partial charge in [0.15, 0.2) is 12.3 Å². The summed E-state index contributed by atoms with van der Waals surface area (Å²) in [6, 6.07) is 32.7. The molecule has 8 nitrogen and oxygen atoms in total. The van der Waals surface area contributed by atoms with Crippen LogP contribution in [-0.4, -0.2) is 65.6 Å². The first-order valence-electron chi connectivity index (χ1n) is 13.8. The van der Waals surface area contributed by atoms with Crippen LogP contribution in [-0.2, 0) is 19.8 Å². The molecule has 0 radical (unpaired) electrons. The van der Waals surface area contributed by atoms with Gasteiger partial charge in [-0.05, 0) is 16.7 Å². The van der Waals surface area contributed by atoms with Crippen molar-refractivity contribution in [1.82, 2.24) is 14.5 Å². The first-order valence-corrected chi connectivity index (χ1v) is 13.8. The van der Waals surface area contributed by atoms with Gasteiger partial charge in [0.05, 0.1) is 25.9 Å². The normalized spacial score (nSPS) is 24.3. The summed E-state index contributed by atoms with van der Waals surface area (Å²) in [4.78, 5) is 18.4. The molecule has 204 valence electrons. The Bertz CT molecular complexity index is 1390. The lowest BCUT2D eigenvalue weighted by Gasteiger charge is -2.39. The molecular weight excluding hydrogens is 506 g/mol. The van der Waals surface area contributed by atoms with Crippen molar-refractivity contribution in [3.05, 3.63) is 130 Å². The lowest BCUT2D eigenvalue weighted by Crippen LogP contribution is -2.54. The molecular formula is C32H31N3O5. The molecule has 0 N–H and O–H groups in total. The highest BCUT2D eigenvalue weighted by atomic mass is 16.6. The molecule has 3 aliphatic heterocycles. The molecule has 2 fully saturated rings. The van der Waals surface area contributed by atoms with Gasteiger partial charge < -0.3 is 18.9 Å². The summed E-state index contributed by atoms with van der Waals surface area (Å²) in [7, 11) is 0. The van der Waals surface area contributed by atoms with Crippen molar-refractivity contribution in [2.75, 3.05) is 32.9 Å². The van der Waals surface area contributed by atoms with E-state index in [1.165, 1.54) is 6.07 Å². The van der Waals surface area contributed by atoms with Crippen LogP contribution in [0.2, 0.25) is 0 Å². The fourth-order valence-electron chi connectivity index (χ4n) is 6.30. The summed E-state index contributed by atoms with van der Waals surface area (Å²) in [6.45, 7) is 3.14. The number of fused-ring (bicyclic) bond motifs is 3. The molecule has 7 rings (SSSR count). The Morgan fingerprint density at radius 3 is 1.98 bits per heavy atom. The molecule has 2 saturated heterocycles. The monoisotopic (exact) mass is 537 g/mol. The van der Waals surface area contributed by atoms with Crippen LogP contribution in [0.5, 0.6) is 6.01 Å². The van der Waals surface area contributed by atoms with Gasteiger partial charge in [0.25, 0.3) is 5.56 Å². The Morgan fingerprint density at radius 1 is 0.825 bits per heavy atom. The van der Waals surface area contributed by atoms with Crippen molar-refractivity contribution in [3.8, 4) is 6.01 Å². The third-order valence-electron chi connectivity index (χ3n) is 8.11. The van der Waals surface area contributed by atoms with Crippen molar-refractivity contribution in [3.63, 3.8) is 0 Å².